The second-order valence-electron chi connectivity index (χ2n) is 7.80. The maximum absolute atomic E-state index is 13.4. The van der Waals surface area contributed by atoms with Crippen LogP contribution in [0.25, 0.3) is 0 Å². The molecule has 3 fully saturated rings. The molecule has 3 N–H and O–H groups in total. The van der Waals surface area contributed by atoms with E-state index in [0.717, 1.165) is 12.8 Å². The molecule has 2 bridgehead atoms. The van der Waals surface area contributed by atoms with E-state index in [1.54, 1.807) is 7.05 Å². The molecule has 8 nitrogen and oxygen atoms in total. The van der Waals surface area contributed by atoms with E-state index in [4.69, 9.17) is 4.74 Å². The van der Waals surface area contributed by atoms with E-state index in [0.29, 0.717) is 25.8 Å². The lowest BCUT2D eigenvalue weighted by molar-refractivity contribution is -0.145. The van der Waals surface area contributed by atoms with Gasteiger partial charge >= 0.3 is 0 Å². The molecule has 6 atom stereocenters. The quantitative estimate of drug-likeness (QED) is 0.505. The fourth-order valence-corrected chi connectivity index (χ4v) is 5.15. The lowest BCUT2D eigenvalue weighted by atomic mass is 9.70. The molecule has 2 unspecified atom stereocenters. The third-order valence-corrected chi connectivity index (χ3v) is 6.44. The number of rotatable bonds is 8. The van der Waals surface area contributed by atoms with E-state index < -0.39 is 29.5 Å². The van der Waals surface area contributed by atoms with Crippen LogP contribution in [0, 0.1) is 11.8 Å². The van der Waals surface area contributed by atoms with Gasteiger partial charge in [-0.3, -0.25) is 14.4 Å². The molecule has 3 rings (SSSR count). The van der Waals surface area contributed by atoms with E-state index in [1.165, 1.54) is 4.90 Å². The minimum absolute atomic E-state index is 0.219. The summed E-state index contributed by atoms with van der Waals surface area (Å²) >= 11 is 0. The predicted octanol–water partition coefficient (Wildman–Crippen LogP) is -0.206. The average molecular weight is 381 g/mol. The number of ether oxygens (including phenoxy) is 1. The number of aliphatic hydroxyl groups excluding tert-OH is 1. The Labute approximate surface area is 160 Å². The minimum Gasteiger partial charge on any atom is -0.394 e. The summed E-state index contributed by atoms with van der Waals surface area (Å²) in [6.07, 6.45) is 3.23. The molecule has 3 heterocycles. The van der Waals surface area contributed by atoms with Crippen LogP contribution in [-0.2, 0) is 19.1 Å². The van der Waals surface area contributed by atoms with Gasteiger partial charge in [-0.05, 0) is 25.7 Å². The first-order valence-electron chi connectivity index (χ1n) is 10.1. The number of carbonyl (C=O) groups is 3. The van der Waals surface area contributed by atoms with Gasteiger partial charge in [0.2, 0.25) is 17.7 Å². The third-order valence-electron chi connectivity index (χ3n) is 6.44. The molecule has 3 aliphatic heterocycles. The zero-order chi connectivity index (χ0) is 19.8. The predicted molar refractivity (Wildman–Crippen MR) is 97.6 cm³/mol. The van der Waals surface area contributed by atoms with Crippen molar-refractivity contribution in [1.82, 2.24) is 15.5 Å². The fraction of sp³-hybridized carbons (Fsp3) is 0.842. The van der Waals surface area contributed by atoms with Gasteiger partial charge < -0.3 is 25.4 Å². The van der Waals surface area contributed by atoms with Crippen LogP contribution in [0.1, 0.15) is 46.0 Å². The lowest BCUT2D eigenvalue weighted by Crippen LogP contribution is -2.58. The lowest BCUT2D eigenvalue weighted by Gasteiger charge is -2.36. The topological polar surface area (TPSA) is 108 Å². The van der Waals surface area contributed by atoms with Crippen molar-refractivity contribution in [3.63, 3.8) is 0 Å². The van der Waals surface area contributed by atoms with Crippen LogP contribution in [0.5, 0.6) is 0 Å². The van der Waals surface area contributed by atoms with E-state index in [9.17, 15) is 19.5 Å². The van der Waals surface area contributed by atoms with Gasteiger partial charge in [0.1, 0.15) is 11.6 Å². The van der Waals surface area contributed by atoms with Crippen LogP contribution in [0.2, 0.25) is 0 Å². The van der Waals surface area contributed by atoms with Gasteiger partial charge in [-0.15, -0.1) is 0 Å². The van der Waals surface area contributed by atoms with Crippen LogP contribution in [0.3, 0.4) is 0 Å². The number of likely N-dealkylation sites (tertiary alicyclic amines) is 1. The van der Waals surface area contributed by atoms with Crippen molar-refractivity contribution >= 4 is 17.7 Å². The Morgan fingerprint density at radius 2 is 2.11 bits per heavy atom. The van der Waals surface area contributed by atoms with Crippen molar-refractivity contribution in [3.05, 3.63) is 0 Å². The van der Waals surface area contributed by atoms with Crippen LogP contribution in [-0.4, -0.2) is 71.7 Å². The summed E-state index contributed by atoms with van der Waals surface area (Å²) < 4.78 is 6.23. The number of hydrogen-bond donors (Lipinski definition) is 3. The molecule has 3 aliphatic rings. The van der Waals surface area contributed by atoms with Gasteiger partial charge in [-0.2, -0.15) is 0 Å². The Bertz CT molecular complexity index is 608. The molecule has 3 amide bonds. The molecule has 27 heavy (non-hydrogen) atoms. The summed E-state index contributed by atoms with van der Waals surface area (Å²) in [6, 6.07) is -1.27. The third kappa shape index (κ3) is 2.93. The average Bonchev–Trinajstić information content (AvgIpc) is 3.30. The zero-order valence-electron chi connectivity index (χ0n) is 16.4. The number of amides is 3. The van der Waals surface area contributed by atoms with Gasteiger partial charge in [-0.1, -0.05) is 20.3 Å². The first kappa shape index (κ1) is 20.1. The van der Waals surface area contributed by atoms with Gasteiger partial charge in [0.05, 0.1) is 30.6 Å². The summed E-state index contributed by atoms with van der Waals surface area (Å²) in [5, 5.41) is 15.4. The number of hydrogen-bond acceptors (Lipinski definition) is 5. The van der Waals surface area contributed by atoms with Crippen molar-refractivity contribution in [3.8, 4) is 0 Å². The van der Waals surface area contributed by atoms with E-state index in [-0.39, 0.29) is 30.4 Å². The maximum Gasteiger partial charge on any atom is 0.245 e. The first-order chi connectivity index (χ1) is 13.0. The van der Waals surface area contributed by atoms with Crippen molar-refractivity contribution in [2.75, 3.05) is 20.2 Å². The molecule has 8 heteroatoms. The fourth-order valence-electron chi connectivity index (χ4n) is 5.15. The number of carbonyl (C=O) groups excluding carboxylic acids is 3. The van der Waals surface area contributed by atoms with E-state index in [2.05, 4.69) is 10.6 Å². The van der Waals surface area contributed by atoms with Crippen LogP contribution >= 0.6 is 0 Å². The van der Waals surface area contributed by atoms with Crippen molar-refractivity contribution in [2.45, 2.75) is 69.7 Å². The Morgan fingerprint density at radius 3 is 2.70 bits per heavy atom. The zero-order valence-corrected chi connectivity index (χ0v) is 16.4. The van der Waals surface area contributed by atoms with Crippen molar-refractivity contribution in [2.24, 2.45) is 11.8 Å². The standard InChI is InChI=1S/C19H31N3O5/c1-4-6-9-21-17(25)15-19-8-7-12(27-19)13(16(24)20-3)14(19)18(26)22(15)11(5-2)10-23/h11-15,23H,4-10H2,1-3H3,(H,20,24)(H,21,25)/t11-,12-,13+,14-,15?,19?/m0/s1. The largest absolute Gasteiger partial charge is 0.394 e. The normalized spacial score (nSPS) is 35.3. The molecule has 152 valence electrons. The minimum atomic E-state index is -0.974. The van der Waals surface area contributed by atoms with Crippen LogP contribution in [0.4, 0.5) is 0 Å². The summed E-state index contributed by atoms with van der Waals surface area (Å²) in [5.41, 5.74) is -0.974. The smallest absolute Gasteiger partial charge is 0.245 e. The molecule has 0 aromatic heterocycles. The Balaban J connectivity index is 1.98. The highest BCUT2D eigenvalue weighted by Crippen LogP contribution is 2.58. The molecule has 3 saturated heterocycles. The SMILES string of the molecule is CCCCNC(=O)C1N([C@@H](CC)CO)C(=O)[C@@H]2[C@H](C(=O)NC)[C@@H]3CCC12O3. The summed E-state index contributed by atoms with van der Waals surface area (Å²) in [6.45, 7) is 4.23. The second kappa shape index (κ2) is 7.75. The Kier molecular flexibility index (Phi) is 5.76. The van der Waals surface area contributed by atoms with Crippen molar-refractivity contribution in [1.29, 1.82) is 0 Å². The highest BCUT2D eigenvalue weighted by atomic mass is 16.5. The number of unbranched alkanes of at least 4 members (excludes halogenated alkanes) is 1. The number of nitrogens with zero attached hydrogens (tertiary/aromatic N) is 1. The molecule has 0 radical (unpaired) electrons. The van der Waals surface area contributed by atoms with Crippen molar-refractivity contribution < 1.29 is 24.2 Å². The summed E-state index contributed by atoms with van der Waals surface area (Å²) in [5.74, 6) is -1.96. The van der Waals surface area contributed by atoms with Crippen LogP contribution < -0.4 is 10.6 Å². The second-order valence-corrected chi connectivity index (χ2v) is 7.80. The monoisotopic (exact) mass is 381 g/mol. The van der Waals surface area contributed by atoms with Gasteiger partial charge in [0, 0.05) is 13.6 Å². The van der Waals surface area contributed by atoms with Gasteiger partial charge in [0.15, 0.2) is 0 Å². The highest BCUT2D eigenvalue weighted by molar-refractivity contribution is 5.99. The number of nitrogens with one attached hydrogen (secondary N) is 2. The molecule has 0 aromatic rings. The Hall–Kier alpha value is -1.67. The van der Waals surface area contributed by atoms with Gasteiger partial charge in [0.25, 0.3) is 0 Å². The maximum atomic E-state index is 13.4. The summed E-state index contributed by atoms with van der Waals surface area (Å²) in [4.78, 5) is 40.5. The molecule has 1 spiro atoms. The summed E-state index contributed by atoms with van der Waals surface area (Å²) in [7, 11) is 1.55. The molecular weight excluding hydrogens is 350 g/mol. The molecule has 0 aromatic carbocycles. The first-order valence-corrected chi connectivity index (χ1v) is 10.1. The van der Waals surface area contributed by atoms with E-state index >= 15 is 0 Å². The highest BCUT2D eigenvalue weighted by Gasteiger charge is 2.74. The van der Waals surface area contributed by atoms with E-state index in [1.807, 2.05) is 13.8 Å². The van der Waals surface area contributed by atoms with Crippen LogP contribution in [0.15, 0.2) is 0 Å². The number of aliphatic hydroxyl groups is 1. The molecule has 0 aliphatic carbocycles. The van der Waals surface area contributed by atoms with Gasteiger partial charge in [-0.25, -0.2) is 0 Å². The Morgan fingerprint density at radius 1 is 1.37 bits per heavy atom. The molecule has 0 saturated carbocycles. The molecular formula is C19H31N3O5. The number of fused-ring (bicyclic) bond motifs is 1.